The quantitative estimate of drug-likeness (QED) is 0.423. The van der Waals surface area contributed by atoms with Crippen molar-refractivity contribution in [1.82, 2.24) is 14.3 Å². The van der Waals surface area contributed by atoms with Crippen molar-refractivity contribution < 1.29 is 26.3 Å². The monoisotopic (exact) mass is 465 g/mol. The van der Waals surface area contributed by atoms with E-state index >= 15 is 0 Å². The van der Waals surface area contributed by atoms with E-state index in [4.69, 9.17) is 4.74 Å². The maximum atomic E-state index is 13.0. The lowest BCUT2D eigenvalue weighted by atomic mass is 10.0. The van der Waals surface area contributed by atoms with Crippen LogP contribution in [0.25, 0.3) is 22.0 Å². The topological polar surface area (TPSA) is 82.0 Å². The fraction of sp³-hybridized carbons (Fsp3) is 0.150. The van der Waals surface area contributed by atoms with E-state index in [-0.39, 0.29) is 16.4 Å². The summed E-state index contributed by atoms with van der Waals surface area (Å²) in [5, 5.41) is 1.53. The van der Waals surface area contributed by atoms with Crippen LogP contribution in [0.3, 0.4) is 0 Å². The van der Waals surface area contributed by atoms with Crippen LogP contribution in [0.1, 0.15) is 10.6 Å². The van der Waals surface area contributed by atoms with Gasteiger partial charge in [0.2, 0.25) is 0 Å². The number of hydrogen-bond donors (Lipinski definition) is 0. The molecule has 2 aromatic heterocycles. The number of sulfone groups is 1. The molecule has 0 saturated heterocycles. The van der Waals surface area contributed by atoms with E-state index in [2.05, 4.69) is 14.3 Å². The van der Waals surface area contributed by atoms with Gasteiger partial charge in [0.05, 0.1) is 23.3 Å². The van der Waals surface area contributed by atoms with Gasteiger partial charge in [-0.25, -0.2) is 13.4 Å². The summed E-state index contributed by atoms with van der Waals surface area (Å²) in [4.78, 5) is 8.32. The Balaban J connectivity index is 1.79. The van der Waals surface area contributed by atoms with E-state index < -0.39 is 21.6 Å². The number of halogens is 3. The average molecular weight is 465 g/mol. The van der Waals surface area contributed by atoms with Crippen LogP contribution in [-0.2, 0) is 21.8 Å². The molecular weight excluding hydrogens is 451 g/mol. The summed E-state index contributed by atoms with van der Waals surface area (Å²) in [7, 11) is -2.37. The summed E-state index contributed by atoms with van der Waals surface area (Å²) in [5.41, 5.74) is -0.0832. The number of benzene rings is 2. The highest BCUT2D eigenvalue weighted by Crippen LogP contribution is 2.38. The Hall–Kier alpha value is -3.05. The normalized spacial score (nSPS) is 12.3. The first-order valence-corrected chi connectivity index (χ1v) is 11.2. The minimum Gasteiger partial charge on any atom is -0.496 e. The van der Waals surface area contributed by atoms with Crippen molar-refractivity contribution in [3.05, 3.63) is 65.6 Å². The van der Waals surface area contributed by atoms with E-state index in [0.29, 0.717) is 27.0 Å². The fourth-order valence-corrected chi connectivity index (χ4v) is 5.27. The molecular formula is C20H14F3N3O3S2. The van der Waals surface area contributed by atoms with Crippen LogP contribution in [0, 0.1) is 0 Å². The third-order valence-corrected chi connectivity index (χ3v) is 7.07. The van der Waals surface area contributed by atoms with Crippen LogP contribution in [0.4, 0.5) is 13.2 Å². The van der Waals surface area contributed by atoms with Crippen molar-refractivity contribution in [2.75, 3.05) is 7.11 Å². The van der Waals surface area contributed by atoms with Crippen LogP contribution in [0.5, 0.6) is 5.75 Å². The van der Waals surface area contributed by atoms with Crippen molar-refractivity contribution in [3.63, 3.8) is 0 Å². The summed E-state index contributed by atoms with van der Waals surface area (Å²) in [6.07, 6.45) is -1.74. The summed E-state index contributed by atoms with van der Waals surface area (Å²) in [6.45, 7) is 0. The molecule has 0 aliphatic rings. The fourth-order valence-electron chi connectivity index (χ4n) is 3.13. The second-order valence-corrected chi connectivity index (χ2v) is 9.40. The molecule has 0 fully saturated rings. The smallest absolute Gasteiger partial charge is 0.416 e. The number of methoxy groups -OCH3 is 1. The number of aromatic nitrogens is 3. The van der Waals surface area contributed by atoms with E-state index in [1.165, 1.54) is 37.8 Å². The van der Waals surface area contributed by atoms with Gasteiger partial charge in [0.15, 0.2) is 9.84 Å². The number of ether oxygens (including phenoxy) is 1. The molecule has 11 heteroatoms. The third kappa shape index (κ3) is 4.23. The molecule has 0 radical (unpaired) electrons. The van der Waals surface area contributed by atoms with Crippen molar-refractivity contribution in [2.45, 2.75) is 16.8 Å². The largest absolute Gasteiger partial charge is 0.496 e. The van der Waals surface area contributed by atoms with Gasteiger partial charge in [-0.2, -0.15) is 17.5 Å². The Morgan fingerprint density at radius 2 is 1.87 bits per heavy atom. The molecule has 0 atom stereocenters. The molecule has 6 nitrogen and oxygen atoms in total. The highest BCUT2D eigenvalue weighted by molar-refractivity contribution is 7.90. The number of fused-ring (bicyclic) bond motifs is 1. The number of pyridine rings is 1. The van der Waals surface area contributed by atoms with Crippen LogP contribution in [-0.4, -0.2) is 29.9 Å². The Morgan fingerprint density at radius 1 is 1.06 bits per heavy atom. The molecule has 160 valence electrons. The zero-order chi connectivity index (χ0) is 22.2. The molecule has 2 aromatic carbocycles. The minimum atomic E-state index is -4.51. The molecule has 0 amide bonds. The predicted octanol–water partition coefficient (Wildman–Crippen LogP) is 4.75. The SMILES string of the molecule is COc1cc(C(F)(F)F)ccc1-c1nccc2cc(S(=O)(=O)Cc3ncns3)ccc12. The molecule has 0 unspecified atom stereocenters. The standard InChI is InChI=1S/C20H14F3N3O3S2/c1-29-17-9-13(20(21,22)23)2-4-16(17)19-15-5-3-14(8-12(15)6-7-24-19)31(27,28)10-18-25-11-26-30-18/h2-9,11H,10H2,1H3. The maximum Gasteiger partial charge on any atom is 0.416 e. The molecule has 0 saturated carbocycles. The maximum absolute atomic E-state index is 13.0. The van der Waals surface area contributed by atoms with Gasteiger partial charge in [0.1, 0.15) is 22.8 Å². The van der Waals surface area contributed by atoms with Gasteiger partial charge >= 0.3 is 6.18 Å². The van der Waals surface area contributed by atoms with E-state index in [1.54, 1.807) is 12.1 Å². The number of alkyl halides is 3. The molecule has 0 spiro atoms. The second-order valence-electron chi connectivity index (χ2n) is 6.55. The minimum absolute atomic E-state index is 0.0165. The van der Waals surface area contributed by atoms with Crippen LogP contribution in [0.15, 0.2) is 59.9 Å². The first kappa shape index (κ1) is 21.2. The Morgan fingerprint density at radius 3 is 2.55 bits per heavy atom. The zero-order valence-corrected chi connectivity index (χ0v) is 17.6. The highest BCUT2D eigenvalue weighted by Gasteiger charge is 2.31. The first-order valence-electron chi connectivity index (χ1n) is 8.82. The van der Waals surface area contributed by atoms with Crippen molar-refractivity contribution >= 4 is 32.1 Å². The van der Waals surface area contributed by atoms with Gasteiger partial charge in [-0.1, -0.05) is 6.07 Å². The molecule has 0 bridgehead atoms. The predicted molar refractivity (Wildman–Crippen MR) is 110 cm³/mol. The molecule has 4 aromatic rings. The molecule has 2 heterocycles. The number of rotatable bonds is 5. The van der Waals surface area contributed by atoms with E-state index in [1.807, 2.05) is 0 Å². The summed E-state index contributed by atoms with van der Waals surface area (Å²) in [5.74, 6) is -0.254. The zero-order valence-electron chi connectivity index (χ0n) is 15.9. The van der Waals surface area contributed by atoms with Crippen molar-refractivity contribution in [3.8, 4) is 17.0 Å². The summed E-state index contributed by atoms with van der Waals surface area (Å²) >= 11 is 1.01. The van der Waals surface area contributed by atoms with E-state index in [9.17, 15) is 21.6 Å². The van der Waals surface area contributed by atoms with Crippen molar-refractivity contribution in [2.24, 2.45) is 0 Å². The van der Waals surface area contributed by atoms with Gasteiger partial charge < -0.3 is 4.74 Å². The first-order chi connectivity index (χ1) is 14.7. The number of nitrogens with zero attached hydrogens (tertiary/aromatic N) is 3. The van der Waals surface area contributed by atoms with Gasteiger partial charge in [-0.05, 0) is 53.3 Å². The lowest BCUT2D eigenvalue weighted by Gasteiger charge is -2.14. The van der Waals surface area contributed by atoms with Gasteiger partial charge in [0, 0.05) is 17.1 Å². The Labute approximate surface area is 179 Å². The molecule has 0 N–H and O–H groups in total. The molecule has 0 aliphatic carbocycles. The third-order valence-electron chi connectivity index (χ3n) is 4.60. The molecule has 0 aliphatic heterocycles. The van der Waals surface area contributed by atoms with Gasteiger partial charge in [0.25, 0.3) is 0 Å². The van der Waals surface area contributed by atoms with Gasteiger partial charge in [-0.3, -0.25) is 4.98 Å². The van der Waals surface area contributed by atoms with Crippen LogP contribution >= 0.6 is 11.5 Å². The Bertz CT molecular complexity index is 1360. The summed E-state index contributed by atoms with van der Waals surface area (Å²) in [6, 6.07) is 9.34. The average Bonchev–Trinajstić information content (AvgIpc) is 3.24. The van der Waals surface area contributed by atoms with Crippen molar-refractivity contribution in [1.29, 1.82) is 0 Å². The Kier molecular flexibility index (Phi) is 5.40. The lowest BCUT2D eigenvalue weighted by molar-refractivity contribution is -0.137. The van der Waals surface area contributed by atoms with E-state index in [0.717, 1.165) is 23.7 Å². The summed E-state index contributed by atoms with van der Waals surface area (Å²) < 4.78 is 73.6. The van der Waals surface area contributed by atoms with Crippen LogP contribution < -0.4 is 4.74 Å². The highest BCUT2D eigenvalue weighted by atomic mass is 32.2. The molecule has 31 heavy (non-hydrogen) atoms. The van der Waals surface area contributed by atoms with Crippen LogP contribution in [0.2, 0.25) is 0 Å². The molecule has 4 rings (SSSR count). The lowest BCUT2D eigenvalue weighted by Crippen LogP contribution is -2.06. The number of hydrogen-bond acceptors (Lipinski definition) is 7. The second kappa shape index (κ2) is 7.89. The van der Waals surface area contributed by atoms with Gasteiger partial charge in [-0.15, -0.1) is 0 Å².